The van der Waals surface area contributed by atoms with Gasteiger partial charge in [0.25, 0.3) is 5.91 Å². The Labute approximate surface area is 160 Å². The second-order valence-corrected chi connectivity index (χ2v) is 6.81. The van der Waals surface area contributed by atoms with E-state index in [1.165, 1.54) is 0 Å². The smallest absolute Gasteiger partial charge is 0.323 e. The van der Waals surface area contributed by atoms with Crippen molar-refractivity contribution >= 4 is 23.5 Å². The maximum absolute atomic E-state index is 13.6. The number of rotatable bonds is 6. The molecule has 146 valence electrons. The zero-order chi connectivity index (χ0) is 20.3. The molecule has 1 atom stereocenters. The lowest BCUT2D eigenvalue weighted by Gasteiger charge is -2.21. The molecule has 1 heterocycles. The molecule has 2 aromatic carbocycles. The summed E-state index contributed by atoms with van der Waals surface area (Å²) in [5.41, 5.74) is -0.482. The first-order valence-electron chi connectivity index (χ1n) is 8.71. The van der Waals surface area contributed by atoms with E-state index in [4.69, 9.17) is 0 Å². The third-order valence-corrected chi connectivity index (χ3v) is 4.61. The second-order valence-electron chi connectivity index (χ2n) is 6.81. The van der Waals surface area contributed by atoms with Crippen LogP contribution < -0.4 is 10.6 Å². The number of benzene rings is 2. The number of hydrogen-bond acceptors (Lipinski definition) is 3. The zero-order valence-electron chi connectivity index (χ0n) is 15.2. The van der Waals surface area contributed by atoms with E-state index < -0.39 is 41.6 Å². The second kappa shape index (κ2) is 7.75. The van der Waals surface area contributed by atoms with E-state index in [9.17, 15) is 23.2 Å². The van der Waals surface area contributed by atoms with E-state index in [1.54, 1.807) is 6.92 Å². The van der Waals surface area contributed by atoms with Crippen molar-refractivity contribution in [2.75, 3.05) is 11.9 Å². The number of carbonyl (C=O) groups is 3. The molecule has 1 aliphatic rings. The Morgan fingerprint density at radius 1 is 1.14 bits per heavy atom. The molecular weight excluding hydrogens is 368 g/mol. The lowest BCUT2D eigenvalue weighted by Crippen LogP contribution is -2.45. The summed E-state index contributed by atoms with van der Waals surface area (Å²) in [6.07, 6.45) is 0.927. The first kappa shape index (κ1) is 19.5. The average Bonchev–Trinajstić information content (AvgIpc) is 2.87. The van der Waals surface area contributed by atoms with Crippen LogP contribution in [0.15, 0.2) is 48.5 Å². The molecule has 0 bridgehead atoms. The van der Waals surface area contributed by atoms with Crippen LogP contribution in [-0.2, 0) is 16.0 Å². The highest BCUT2D eigenvalue weighted by Crippen LogP contribution is 2.23. The van der Waals surface area contributed by atoms with E-state index in [0.717, 1.165) is 28.7 Å². The highest BCUT2D eigenvalue weighted by Gasteiger charge is 2.47. The number of nitrogens with zero attached hydrogens (tertiary/aromatic N) is 1. The van der Waals surface area contributed by atoms with E-state index in [0.29, 0.717) is 12.8 Å². The molecule has 0 radical (unpaired) electrons. The fraction of sp³-hybridized carbons (Fsp3) is 0.250. The molecule has 0 spiro atoms. The SMILES string of the molecule is C[C@]1(CCc2ccccc2)NC(=O)N(CC(=O)Nc2cc(F)ccc2F)C1=O. The van der Waals surface area contributed by atoms with Crippen LogP contribution >= 0.6 is 0 Å². The Bertz CT molecular complexity index is 920. The Morgan fingerprint density at radius 3 is 2.57 bits per heavy atom. The van der Waals surface area contributed by atoms with Gasteiger partial charge in [0, 0.05) is 6.07 Å². The van der Waals surface area contributed by atoms with Crippen molar-refractivity contribution in [3.63, 3.8) is 0 Å². The van der Waals surface area contributed by atoms with Crippen molar-refractivity contribution < 1.29 is 23.2 Å². The Kier molecular flexibility index (Phi) is 5.39. The van der Waals surface area contributed by atoms with Gasteiger partial charge in [-0.05, 0) is 37.5 Å². The summed E-state index contributed by atoms with van der Waals surface area (Å²) in [7, 11) is 0. The number of amides is 4. The van der Waals surface area contributed by atoms with Crippen LogP contribution in [0.5, 0.6) is 0 Å². The third-order valence-electron chi connectivity index (χ3n) is 4.61. The molecule has 8 heteroatoms. The maximum atomic E-state index is 13.6. The minimum Gasteiger partial charge on any atom is -0.323 e. The number of halogens is 2. The standard InChI is InChI=1S/C20H19F2N3O3/c1-20(10-9-13-5-3-2-4-6-13)18(27)25(19(28)24-20)12-17(26)23-16-11-14(21)7-8-15(16)22/h2-8,11H,9-10,12H2,1H3,(H,23,26)(H,24,28)/t20-/m1/s1. The molecule has 0 unspecified atom stereocenters. The van der Waals surface area contributed by atoms with Gasteiger partial charge in [0.1, 0.15) is 23.7 Å². The molecule has 3 rings (SSSR count). The van der Waals surface area contributed by atoms with E-state index >= 15 is 0 Å². The Balaban J connectivity index is 1.64. The highest BCUT2D eigenvalue weighted by atomic mass is 19.1. The number of anilines is 1. The van der Waals surface area contributed by atoms with Gasteiger partial charge in [-0.2, -0.15) is 0 Å². The largest absolute Gasteiger partial charge is 0.325 e. The van der Waals surface area contributed by atoms with Gasteiger partial charge in [0.05, 0.1) is 5.69 Å². The average molecular weight is 387 g/mol. The van der Waals surface area contributed by atoms with Gasteiger partial charge < -0.3 is 10.6 Å². The Morgan fingerprint density at radius 2 is 1.86 bits per heavy atom. The number of hydrogen-bond donors (Lipinski definition) is 2. The molecule has 0 saturated carbocycles. The minimum absolute atomic E-state index is 0.358. The van der Waals surface area contributed by atoms with Crippen LogP contribution in [0.3, 0.4) is 0 Å². The van der Waals surface area contributed by atoms with Crippen molar-refractivity contribution in [1.29, 1.82) is 0 Å². The van der Waals surface area contributed by atoms with Crippen molar-refractivity contribution in [3.8, 4) is 0 Å². The van der Waals surface area contributed by atoms with Gasteiger partial charge in [-0.1, -0.05) is 30.3 Å². The van der Waals surface area contributed by atoms with Crippen LogP contribution in [0.25, 0.3) is 0 Å². The minimum atomic E-state index is -1.14. The van der Waals surface area contributed by atoms with E-state index in [2.05, 4.69) is 10.6 Å². The summed E-state index contributed by atoms with van der Waals surface area (Å²) >= 11 is 0. The number of urea groups is 1. The monoisotopic (exact) mass is 387 g/mol. The summed E-state index contributed by atoms with van der Waals surface area (Å²) in [6, 6.07) is 11.4. The number of carbonyl (C=O) groups excluding carboxylic acids is 3. The van der Waals surface area contributed by atoms with Crippen LogP contribution in [0.4, 0.5) is 19.3 Å². The van der Waals surface area contributed by atoms with Crippen LogP contribution in [0, 0.1) is 11.6 Å². The molecule has 2 aromatic rings. The highest BCUT2D eigenvalue weighted by molar-refractivity contribution is 6.09. The summed E-state index contributed by atoms with van der Waals surface area (Å²) in [5.74, 6) is -2.89. The molecule has 1 saturated heterocycles. The fourth-order valence-corrected chi connectivity index (χ4v) is 3.03. The van der Waals surface area contributed by atoms with E-state index in [1.807, 2.05) is 30.3 Å². The first-order chi connectivity index (χ1) is 13.3. The molecule has 1 fully saturated rings. The lowest BCUT2D eigenvalue weighted by molar-refractivity contribution is -0.133. The molecule has 6 nitrogen and oxygen atoms in total. The fourth-order valence-electron chi connectivity index (χ4n) is 3.03. The van der Waals surface area contributed by atoms with Gasteiger partial charge in [-0.3, -0.25) is 14.5 Å². The van der Waals surface area contributed by atoms with Gasteiger partial charge in [0.2, 0.25) is 5.91 Å². The zero-order valence-corrected chi connectivity index (χ0v) is 15.2. The molecule has 0 aromatic heterocycles. The number of imide groups is 1. The normalized spacial score (nSPS) is 18.9. The summed E-state index contributed by atoms with van der Waals surface area (Å²) in [4.78, 5) is 37.8. The summed E-state index contributed by atoms with van der Waals surface area (Å²) in [6.45, 7) is 1.00. The molecule has 1 aliphatic heterocycles. The molecule has 2 N–H and O–H groups in total. The molecule has 0 aliphatic carbocycles. The van der Waals surface area contributed by atoms with Crippen molar-refractivity contribution in [3.05, 3.63) is 65.7 Å². The molecule has 4 amide bonds. The summed E-state index contributed by atoms with van der Waals surface area (Å²) < 4.78 is 26.8. The number of nitrogens with one attached hydrogen (secondary N) is 2. The Hall–Kier alpha value is -3.29. The number of aryl methyl sites for hydroxylation is 1. The topological polar surface area (TPSA) is 78.5 Å². The molecular formula is C20H19F2N3O3. The van der Waals surface area contributed by atoms with Crippen molar-refractivity contribution in [2.45, 2.75) is 25.3 Å². The predicted octanol–water partition coefficient (Wildman–Crippen LogP) is 2.85. The van der Waals surface area contributed by atoms with Crippen LogP contribution in [0.1, 0.15) is 18.9 Å². The van der Waals surface area contributed by atoms with Crippen LogP contribution in [-0.4, -0.2) is 34.8 Å². The maximum Gasteiger partial charge on any atom is 0.325 e. The van der Waals surface area contributed by atoms with Gasteiger partial charge in [-0.15, -0.1) is 0 Å². The third kappa shape index (κ3) is 4.16. The van der Waals surface area contributed by atoms with Gasteiger partial charge >= 0.3 is 6.03 Å². The summed E-state index contributed by atoms with van der Waals surface area (Å²) in [5, 5.41) is 4.79. The predicted molar refractivity (Wildman–Crippen MR) is 98.4 cm³/mol. The quantitative estimate of drug-likeness (QED) is 0.748. The van der Waals surface area contributed by atoms with Gasteiger partial charge in [-0.25, -0.2) is 13.6 Å². The van der Waals surface area contributed by atoms with Gasteiger partial charge in [0.15, 0.2) is 0 Å². The molecule has 28 heavy (non-hydrogen) atoms. The first-order valence-corrected chi connectivity index (χ1v) is 8.71. The van der Waals surface area contributed by atoms with Crippen LogP contribution in [0.2, 0.25) is 0 Å². The van der Waals surface area contributed by atoms with Crippen molar-refractivity contribution in [1.82, 2.24) is 10.2 Å². The van der Waals surface area contributed by atoms with Crippen molar-refractivity contribution in [2.24, 2.45) is 0 Å². The van der Waals surface area contributed by atoms with E-state index in [-0.39, 0.29) is 5.69 Å². The lowest BCUT2D eigenvalue weighted by atomic mass is 9.93.